The summed E-state index contributed by atoms with van der Waals surface area (Å²) < 4.78 is 59.9. The van der Waals surface area contributed by atoms with E-state index in [9.17, 15) is 27.9 Å². The average Bonchev–Trinajstić information content (AvgIpc) is 3.04. The number of carbonyl (C=O) groups is 1. The minimum atomic E-state index is -4.79. The van der Waals surface area contributed by atoms with Gasteiger partial charge in [0.1, 0.15) is 22.9 Å². The number of carbonyl (C=O) groups excluding carboxylic acids is 1. The molecule has 1 heterocycles. The van der Waals surface area contributed by atoms with Crippen molar-refractivity contribution >= 4 is 34.8 Å². The van der Waals surface area contributed by atoms with Gasteiger partial charge in [-0.1, -0.05) is 29.3 Å². The summed E-state index contributed by atoms with van der Waals surface area (Å²) in [5.74, 6) is -3.09. The highest BCUT2D eigenvalue weighted by molar-refractivity contribution is 6.40. The van der Waals surface area contributed by atoms with Crippen LogP contribution in [0.15, 0.2) is 35.1 Å². The van der Waals surface area contributed by atoms with E-state index in [2.05, 4.69) is 10.4 Å². The van der Waals surface area contributed by atoms with E-state index in [0.29, 0.717) is 10.7 Å². The molecule has 3 aromatic rings. The number of rotatable bonds is 6. The molecule has 0 spiro atoms. The number of hydrogen-bond donors (Lipinski definition) is 2. The van der Waals surface area contributed by atoms with Crippen molar-refractivity contribution in [1.29, 1.82) is 0 Å². The van der Waals surface area contributed by atoms with Gasteiger partial charge < -0.3 is 15.2 Å². The third-order valence-electron chi connectivity index (χ3n) is 4.64. The van der Waals surface area contributed by atoms with Crippen LogP contribution in [-0.2, 0) is 12.6 Å². The van der Waals surface area contributed by atoms with Crippen molar-refractivity contribution in [3.05, 3.63) is 68.1 Å². The maximum absolute atomic E-state index is 15.1. The smallest absolute Gasteiger partial charge is 0.422 e. The van der Waals surface area contributed by atoms with E-state index in [4.69, 9.17) is 27.9 Å². The molecule has 8 nitrogen and oxygen atoms in total. The summed E-state index contributed by atoms with van der Waals surface area (Å²) >= 11 is 12.0. The lowest BCUT2D eigenvalue weighted by Crippen LogP contribution is -2.26. The molecule has 3 rings (SSSR count). The van der Waals surface area contributed by atoms with Gasteiger partial charge >= 0.3 is 11.9 Å². The molecule has 0 saturated carbocycles. The molecule has 1 aromatic heterocycles. The number of aliphatic hydroxyl groups is 1. The molecular weight excluding hydrogens is 519 g/mol. The van der Waals surface area contributed by atoms with Crippen LogP contribution in [0, 0.1) is 5.82 Å². The monoisotopic (exact) mass is 536 g/mol. The Morgan fingerprint density at radius 1 is 1.20 bits per heavy atom. The van der Waals surface area contributed by atoms with E-state index < -0.39 is 52.8 Å². The van der Waals surface area contributed by atoms with Crippen LogP contribution in [0.3, 0.4) is 0 Å². The van der Waals surface area contributed by atoms with E-state index in [0.717, 1.165) is 10.6 Å². The normalized spacial score (nSPS) is 12.1. The highest BCUT2D eigenvalue weighted by Gasteiger charge is 2.31. The molecule has 14 heteroatoms. The van der Waals surface area contributed by atoms with Gasteiger partial charge in [0.05, 0.1) is 21.3 Å². The third kappa shape index (κ3) is 5.77. The Hall–Kier alpha value is -3.09. The van der Waals surface area contributed by atoms with Crippen molar-refractivity contribution in [3.8, 4) is 11.4 Å². The first kappa shape index (κ1) is 26.5. The third-order valence-corrected chi connectivity index (χ3v) is 5.27. The van der Waals surface area contributed by atoms with E-state index in [1.807, 2.05) is 0 Å². The van der Waals surface area contributed by atoms with Gasteiger partial charge in [-0.05, 0) is 32.0 Å². The summed E-state index contributed by atoms with van der Waals surface area (Å²) in [6, 6.07) is 5.63. The Balaban J connectivity index is 2.14. The largest absolute Gasteiger partial charge is 0.483 e. The Bertz CT molecular complexity index is 1330. The first-order valence-corrected chi connectivity index (χ1v) is 10.5. The molecule has 0 aliphatic rings. The average molecular weight is 537 g/mol. The number of ether oxygens (including phenoxy) is 1. The molecule has 0 atom stereocenters. The van der Waals surface area contributed by atoms with Crippen molar-refractivity contribution < 1.29 is 32.2 Å². The van der Waals surface area contributed by atoms with Gasteiger partial charge in [0.25, 0.3) is 5.91 Å². The molecule has 0 saturated heterocycles. The number of hydrogen-bond acceptors (Lipinski definition) is 5. The topological polar surface area (TPSA) is 98.4 Å². The summed E-state index contributed by atoms with van der Waals surface area (Å²) in [6.45, 7) is 0.860. The van der Waals surface area contributed by atoms with Crippen LogP contribution in [0.2, 0.25) is 10.0 Å². The van der Waals surface area contributed by atoms with E-state index >= 15 is 4.39 Å². The van der Waals surface area contributed by atoms with Crippen molar-refractivity contribution in [2.75, 3.05) is 11.9 Å². The highest BCUT2D eigenvalue weighted by Crippen LogP contribution is 2.33. The molecule has 0 unspecified atom stereocenters. The number of aromatic nitrogens is 3. The zero-order chi connectivity index (χ0) is 26.3. The predicted molar refractivity (Wildman–Crippen MR) is 120 cm³/mol. The number of nitrogens with zero attached hydrogens (tertiary/aromatic N) is 3. The standard InChI is InChI=1S/C21H18Cl2F4N4O4/c1-20(2,34)18-29-31(19(33)30(18)3)14-8-15(35-9-21(25,26)27)10(7-13(14)24)17(32)28-16-11(22)5-4-6-12(16)23/h4-8,34H,9H2,1-3H3,(H,28,32). The van der Waals surface area contributed by atoms with Crippen molar-refractivity contribution in [3.63, 3.8) is 0 Å². The maximum atomic E-state index is 15.1. The number of amides is 1. The van der Waals surface area contributed by atoms with Crippen molar-refractivity contribution in [2.24, 2.45) is 7.05 Å². The fourth-order valence-corrected chi connectivity index (χ4v) is 3.58. The predicted octanol–water partition coefficient (Wildman–Crippen LogP) is 4.44. The van der Waals surface area contributed by atoms with Gasteiger partial charge in [-0.25, -0.2) is 9.18 Å². The SMILES string of the molecule is Cn1c(C(C)(C)O)nn(-c2cc(OCC(F)(F)F)c(C(=O)Nc3c(Cl)cccc3Cl)cc2F)c1=O. The Kier molecular flexibility index (Phi) is 7.21. The minimum Gasteiger partial charge on any atom is -0.483 e. The molecule has 0 radical (unpaired) electrons. The van der Waals surface area contributed by atoms with Crippen LogP contribution in [0.25, 0.3) is 5.69 Å². The number of nitrogens with one attached hydrogen (secondary N) is 1. The molecule has 0 bridgehead atoms. The number of anilines is 1. The number of benzene rings is 2. The first-order valence-electron chi connectivity index (χ1n) is 9.78. The fourth-order valence-electron chi connectivity index (χ4n) is 3.09. The molecule has 2 aromatic carbocycles. The lowest BCUT2D eigenvalue weighted by Gasteiger charge is -2.16. The van der Waals surface area contributed by atoms with Gasteiger partial charge in [-0.15, -0.1) is 5.10 Å². The lowest BCUT2D eigenvalue weighted by molar-refractivity contribution is -0.153. The minimum absolute atomic E-state index is 0.0277. The summed E-state index contributed by atoms with van der Waals surface area (Å²) in [5, 5.41) is 16.5. The second kappa shape index (κ2) is 9.51. The summed E-state index contributed by atoms with van der Waals surface area (Å²) in [7, 11) is 1.27. The Morgan fingerprint density at radius 2 is 1.80 bits per heavy atom. The molecule has 2 N–H and O–H groups in total. The van der Waals surface area contributed by atoms with Crippen LogP contribution in [0.1, 0.15) is 30.0 Å². The lowest BCUT2D eigenvalue weighted by atomic mass is 10.1. The highest BCUT2D eigenvalue weighted by atomic mass is 35.5. The molecule has 1 amide bonds. The molecule has 188 valence electrons. The summed E-state index contributed by atoms with van der Waals surface area (Å²) in [6.07, 6.45) is -4.79. The van der Waals surface area contributed by atoms with Crippen molar-refractivity contribution in [2.45, 2.75) is 25.6 Å². The Labute approximate surface area is 205 Å². The molecule has 0 aliphatic heterocycles. The van der Waals surface area contributed by atoms with Gasteiger partial charge in [-0.3, -0.25) is 9.36 Å². The zero-order valence-corrected chi connectivity index (χ0v) is 19.9. The van der Waals surface area contributed by atoms with Crippen LogP contribution in [-0.4, -0.2) is 38.1 Å². The second-order valence-corrected chi connectivity index (χ2v) is 8.70. The van der Waals surface area contributed by atoms with Crippen LogP contribution < -0.4 is 15.7 Å². The van der Waals surface area contributed by atoms with E-state index in [1.54, 1.807) is 0 Å². The van der Waals surface area contributed by atoms with E-state index in [-0.39, 0.29) is 21.6 Å². The number of para-hydroxylation sites is 1. The quantitative estimate of drug-likeness (QED) is 0.454. The fraction of sp³-hybridized carbons (Fsp3) is 0.286. The maximum Gasteiger partial charge on any atom is 0.422 e. The van der Waals surface area contributed by atoms with Gasteiger partial charge in [0.15, 0.2) is 12.4 Å². The Morgan fingerprint density at radius 3 is 2.31 bits per heavy atom. The second-order valence-electron chi connectivity index (χ2n) is 7.89. The summed E-state index contributed by atoms with van der Waals surface area (Å²) in [5.41, 5.74) is -3.78. The van der Waals surface area contributed by atoms with E-state index in [1.165, 1.54) is 39.1 Å². The molecule has 0 fully saturated rings. The number of halogens is 6. The zero-order valence-electron chi connectivity index (χ0n) is 18.4. The van der Waals surface area contributed by atoms with Crippen LogP contribution in [0.4, 0.5) is 23.2 Å². The van der Waals surface area contributed by atoms with Crippen LogP contribution >= 0.6 is 23.2 Å². The molecule has 0 aliphatic carbocycles. The van der Waals surface area contributed by atoms with Gasteiger partial charge in [0, 0.05) is 13.1 Å². The molecule has 35 heavy (non-hydrogen) atoms. The summed E-state index contributed by atoms with van der Waals surface area (Å²) in [4.78, 5) is 25.5. The van der Waals surface area contributed by atoms with Gasteiger partial charge in [-0.2, -0.15) is 17.9 Å². The first-order chi connectivity index (χ1) is 16.1. The number of alkyl halides is 3. The van der Waals surface area contributed by atoms with Crippen LogP contribution in [0.5, 0.6) is 5.75 Å². The molecular formula is C21H18Cl2F4N4O4. The van der Waals surface area contributed by atoms with Gasteiger partial charge in [0.2, 0.25) is 0 Å². The van der Waals surface area contributed by atoms with Crippen molar-refractivity contribution in [1.82, 2.24) is 14.3 Å².